The molecule has 2 rings (SSSR count). The fraction of sp³-hybridized carbons (Fsp3) is 0.412. The number of aliphatic hydroxyl groups is 1. The average molecular weight is 337 g/mol. The van der Waals surface area contributed by atoms with Crippen LogP contribution in [0.25, 0.3) is 10.9 Å². The minimum absolute atomic E-state index is 0.119. The van der Waals surface area contributed by atoms with Crippen LogP contribution in [0.15, 0.2) is 30.5 Å². The van der Waals surface area contributed by atoms with Crippen molar-refractivity contribution in [3.8, 4) is 0 Å². The minimum Gasteiger partial charge on any atom is -0.389 e. The van der Waals surface area contributed by atoms with Gasteiger partial charge in [-0.3, -0.25) is 9.78 Å². The Kier molecular flexibility index (Phi) is 6.33. The zero-order valence-electron chi connectivity index (χ0n) is 13.3. The first kappa shape index (κ1) is 17.7. The molecule has 0 fully saturated rings. The fourth-order valence-corrected chi connectivity index (χ4v) is 2.34. The molecule has 0 bridgehead atoms. The first-order valence-corrected chi connectivity index (χ1v) is 7.94. The number of nitrogens with zero attached hydrogens (tertiary/aromatic N) is 1. The second-order valence-electron chi connectivity index (χ2n) is 5.79. The number of aliphatic hydroxyl groups excluding tert-OH is 1. The molecule has 5 nitrogen and oxygen atoms in total. The predicted molar refractivity (Wildman–Crippen MR) is 90.8 cm³/mol. The van der Waals surface area contributed by atoms with Crippen LogP contribution in [0.3, 0.4) is 0 Å². The van der Waals surface area contributed by atoms with E-state index in [9.17, 15) is 9.90 Å². The molecule has 2 N–H and O–H groups in total. The van der Waals surface area contributed by atoms with Crippen LogP contribution in [-0.2, 0) is 4.74 Å². The summed E-state index contributed by atoms with van der Waals surface area (Å²) in [7, 11) is 0. The monoisotopic (exact) mass is 336 g/mol. The highest BCUT2D eigenvalue weighted by Gasteiger charge is 2.14. The van der Waals surface area contributed by atoms with Gasteiger partial charge in [0.15, 0.2) is 0 Å². The Balaban J connectivity index is 1.98. The molecule has 1 aromatic carbocycles. The van der Waals surface area contributed by atoms with Crippen LogP contribution in [0.4, 0.5) is 0 Å². The summed E-state index contributed by atoms with van der Waals surface area (Å²) in [6, 6.07) is 6.89. The number of halogens is 1. The molecule has 6 heteroatoms. The summed E-state index contributed by atoms with van der Waals surface area (Å²) in [4.78, 5) is 16.5. The summed E-state index contributed by atoms with van der Waals surface area (Å²) in [5, 5.41) is 13.8. The molecule has 1 amide bonds. The molecule has 1 atom stereocenters. The highest BCUT2D eigenvalue weighted by atomic mass is 35.5. The molecule has 1 aromatic heterocycles. The van der Waals surface area contributed by atoms with E-state index in [1.165, 1.54) is 0 Å². The van der Waals surface area contributed by atoms with E-state index in [0.717, 1.165) is 5.39 Å². The molecule has 0 aliphatic rings. The van der Waals surface area contributed by atoms with Gasteiger partial charge in [-0.1, -0.05) is 25.4 Å². The SMILES string of the molecule is CC(C)COCC(O)CNC(=O)c1ccc(Cl)c2cccnc12. The lowest BCUT2D eigenvalue weighted by Crippen LogP contribution is -2.35. The first-order valence-electron chi connectivity index (χ1n) is 7.56. The number of hydrogen-bond donors (Lipinski definition) is 2. The van der Waals surface area contributed by atoms with E-state index in [1.807, 2.05) is 19.9 Å². The smallest absolute Gasteiger partial charge is 0.253 e. The van der Waals surface area contributed by atoms with Crippen molar-refractivity contribution in [1.29, 1.82) is 0 Å². The van der Waals surface area contributed by atoms with Gasteiger partial charge in [0, 0.05) is 24.7 Å². The Hall–Kier alpha value is -1.69. The number of ether oxygens (including phenoxy) is 1. The molecule has 0 saturated carbocycles. The van der Waals surface area contributed by atoms with Gasteiger partial charge in [0.25, 0.3) is 5.91 Å². The number of benzene rings is 1. The van der Waals surface area contributed by atoms with Crippen LogP contribution >= 0.6 is 11.6 Å². The molecule has 2 aromatic rings. The normalized spacial score (nSPS) is 12.6. The number of hydrogen-bond acceptors (Lipinski definition) is 4. The lowest BCUT2D eigenvalue weighted by Gasteiger charge is -2.14. The van der Waals surface area contributed by atoms with Crippen LogP contribution in [0, 0.1) is 5.92 Å². The molecule has 0 aliphatic carbocycles. The number of rotatable bonds is 7. The van der Waals surface area contributed by atoms with Gasteiger partial charge in [0.05, 0.1) is 28.8 Å². The maximum atomic E-state index is 12.3. The Morgan fingerprint density at radius 1 is 1.35 bits per heavy atom. The number of pyridine rings is 1. The van der Waals surface area contributed by atoms with Crippen LogP contribution < -0.4 is 5.32 Å². The minimum atomic E-state index is -0.746. The largest absolute Gasteiger partial charge is 0.389 e. The Bertz CT molecular complexity index is 676. The second kappa shape index (κ2) is 8.24. The van der Waals surface area contributed by atoms with Crippen LogP contribution in [0.1, 0.15) is 24.2 Å². The van der Waals surface area contributed by atoms with E-state index in [-0.39, 0.29) is 19.1 Å². The summed E-state index contributed by atoms with van der Waals surface area (Å²) in [5.41, 5.74) is 0.975. The lowest BCUT2D eigenvalue weighted by atomic mass is 10.1. The zero-order valence-corrected chi connectivity index (χ0v) is 14.0. The molecule has 0 saturated heterocycles. The summed E-state index contributed by atoms with van der Waals surface area (Å²) in [5.74, 6) is 0.108. The number of aromatic nitrogens is 1. The summed E-state index contributed by atoms with van der Waals surface area (Å²) >= 11 is 6.12. The van der Waals surface area contributed by atoms with Gasteiger partial charge in [-0.25, -0.2) is 0 Å². The zero-order chi connectivity index (χ0) is 16.8. The molecule has 0 spiro atoms. The van der Waals surface area contributed by atoms with E-state index in [2.05, 4.69) is 10.3 Å². The molecule has 1 unspecified atom stereocenters. The van der Waals surface area contributed by atoms with Gasteiger partial charge in [-0.05, 0) is 30.2 Å². The Morgan fingerprint density at radius 2 is 2.13 bits per heavy atom. The van der Waals surface area contributed by atoms with Crippen molar-refractivity contribution in [3.05, 3.63) is 41.0 Å². The highest BCUT2D eigenvalue weighted by Crippen LogP contribution is 2.24. The predicted octanol–water partition coefficient (Wildman–Crippen LogP) is 2.65. The molecule has 0 radical (unpaired) electrons. The molecular weight excluding hydrogens is 316 g/mol. The topological polar surface area (TPSA) is 71.5 Å². The van der Waals surface area contributed by atoms with Gasteiger partial charge in [0.1, 0.15) is 0 Å². The van der Waals surface area contributed by atoms with Crippen LogP contribution in [-0.4, -0.2) is 41.9 Å². The number of carbonyl (C=O) groups is 1. The quantitative estimate of drug-likeness (QED) is 0.815. The number of fused-ring (bicyclic) bond motifs is 1. The highest BCUT2D eigenvalue weighted by molar-refractivity contribution is 6.36. The fourth-order valence-electron chi connectivity index (χ4n) is 2.13. The van der Waals surface area contributed by atoms with Crippen molar-refractivity contribution in [2.75, 3.05) is 19.8 Å². The van der Waals surface area contributed by atoms with E-state index in [0.29, 0.717) is 28.6 Å². The van der Waals surface area contributed by atoms with Crippen molar-refractivity contribution >= 4 is 28.4 Å². The number of carbonyl (C=O) groups excluding carboxylic acids is 1. The molecular formula is C17H21ClN2O3. The van der Waals surface area contributed by atoms with E-state index in [1.54, 1.807) is 24.4 Å². The van der Waals surface area contributed by atoms with Crippen LogP contribution in [0.2, 0.25) is 5.02 Å². The van der Waals surface area contributed by atoms with Crippen molar-refractivity contribution in [2.24, 2.45) is 5.92 Å². The van der Waals surface area contributed by atoms with Gasteiger partial charge in [-0.15, -0.1) is 0 Å². The van der Waals surface area contributed by atoms with E-state index >= 15 is 0 Å². The van der Waals surface area contributed by atoms with Gasteiger partial charge in [0.2, 0.25) is 0 Å². The molecule has 124 valence electrons. The standard InChI is InChI=1S/C17H21ClN2O3/c1-11(2)9-23-10-12(21)8-20-17(22)14-5-6-15(18)13-4-3-7-19-16(13)14/h3-7,11-12,21H,8-10H2,1-2H3,(H,20,22). The van der Waals surface area contributed by atoms with Crippen molar-refractivity contribution < 1.29 is 14.6 Å². The van der Waals surface area contributed by atoms with Crippen molar-refractivity contribution in [3.63, 3.8) is 0 Å². The molecule has 1 heterocycles. The van der Waals surface area contributed by atoms with Gasteiger partial charge in [-0.2, -0.15) is 0 Å². The Labute approximate surface area is 140 Å². The van der Waals surface area contributed by atoms with Crippen molar-refractivity contribution in [1.82, 2.24) is 10.3 Å². The maximum absolute atomic E-state index is 12.3. The van der Waals surface area contributed by atoms with Crippen molar-refractivity contribution in [2.45, 2.75) is 20.0 Å². The second-order valence-corrected chi connectivity index (χ2v) is 6.20. The summed E-state index contributed by atoms with van der Waals surface area (Å²) in [6.07, 6.45) is 0.869. The number of amides is 1. The van der Waals surface area contributed by atoms with E-state index in [4.69, 9.17) is 16.3 Å². The third kappa shape index (κ3) is 4.89. The summed E-state index contributed by atoms with van der Waals surface area (Å²) in [6.45, 7) is 4.96. The Morgan fingerprint density at radius 3 is 2.87 bits per heavy atom. The maximum Gasteiger partial charge on any atom is 0.253 e. The first-order chi connectivity index (χ1) is 11.0. The molecule has 23 heavy (non-hydrogen) atoms. The third-order valence-electron chi connectivity index (χ3n) is 3.22. The van der Waals surface area contributed by atoms with Gasteiger partial charge < -0.3 is 15.2 Å². The van der Waals surface area contributed by atoms with E-state index < -0.39 is 6.10 Å². The van der Waals surface area contributed by atoms with Crippen LogP contribution in [0.5, 0.6) is 0 Å². The van der Waals surface area contributed by atoms with Gasteiger partial charge >= 0.3 is 0 Å². The lowest BCUT2D eigenvalue weighted by molar-refractivity contribution is 0.0259. The third-order valence-corrected chi connectivity index (χ3v) is 3.55. The number of nitrogens with one attached hydrogen (secondary N) is 1. The average Bonchev–Trinajstić information content (AvgIpc) is 2.53. The molecule has 0 aliphatic heterocycles. The summed E-state index contributed by atoms with van der Waals surface area (Å²) < 4.78 is 5.35.